The molecule has 0 fully saturated rings. The van der Waals surface area contributed by atoms with E-state index < -0.39 is 0 Å². The highest BCUT2D eigenvalue weighted by molar-refractivity contribution is 6.12. The van der Waals surface area contributed by atoms with Gasteiger partial charge in [0.1, 0.15) is 0 Å². The number of aromatic nitrogens is 2. The summed E-state index contributed by atoms with van der Waals surface area (Å²) in [7, 11) is 0. The van der Waals surface area contributed by atoms with E-state index in [9.17, 15) is 5.26 Å². The van der Waals surface area contributed by atoms with Gasteiger partial charge in [0.2, 0.25) is 0 Å². The van der Waals surface area contributed by atoms with E-state index in [2.05, 4.69) is 134 Å². The summed E-state index contributed by atoms with van der Waals surface area (Å²) in [6.07, 6.45) is 0. The molecular weight excluding hydrogens is 781 g/mol. The first-order valence-corrected chi connectivity index (χ1v) is 21.1. The van der Waals surface area contributed by atoms with Crippen LogP contribution in [0.3, 0.4) is 0 Å². The van der Waals surface area contributed by atoms with Gasteiger partial charge in [0.05, 0.1) is 29.6 Å². The average Bonchev–Trinajstić information content (AvgIpc) is 3.37. The molecule has 0 saturated heterocycles. The van der Waals surface area contributed by atoms with Crippen molar-refractivity contribution in [1.29, 1.82) is 5.26 Å². The van der Waals surface area contributed by atoms with Gasteiger partial charge in [-0.25, -0.2) is 20.0 Å². The predicted octanol–water partition coefficient (Wildman–Crippen LogP) is 13.8. The Morgan fingerprint density at radius 2 is 0.984 bits per heavy atom. The van der Waals surface area contributed by atoms with E-state index >= 15 is 0 Å². The number of hydrogen-bond donors (Lipinski definition) is 0. The molecule has 0 unspecified atom stereocenters. The van der Waals surface area contributed by atoms with Gasteiger partial charge in [-0.15, -0.1) is 0 Å². The molecule has 304 valence electrons. The van der Waals surface area contributed by atoms with Crippen molar-refractivity contribution in [3.8, 4) is 73.4 Å². The number of amidine groups is 2. The second-order valence-corrected chi connectivity index (χ2v) is 15.3. The van der Waals surface area contributed by atoms with E-state index in [1.165, 1.54) is 0 Å². The van der Waals surface area contributed by atoms with Crippen LogP contribution in [0.4, 0.5) is 0 Å². The van der Waals surface area contributed by atoms with E-state index in [1.54, 1.807) is 0 Å². The van der Waals surface area contributed by atoms with Gasteiger partial charge in [0.15, 0.2) is 17.5 Å². The van der Waals surface area contributed by atoms with Crippen molar-refractivity contribution in [3.05, 3.63) is 240 Å². The van der Waals surface area contributed by atoms with Crippen LogP contribution >= 0.6 is 0 Å². The Labute approximate surface area is 374 Å². The standard InChI is InChI=1S/C58H42N6/c1-40-54(44-19-6-3-7-20-44)62-58(63-55(40)45-21-8-4-9-22-45)53-30-13-12-29-52(53)43-31-33-47(34-32-43)57(64-56(60-2)46-23-10-5-11-24-46)61-39-42-18-15-26-49(36-42)51-28-16-27-50(37-51)48-25-14-17-41(35-48)38-59/h3-37H,2,39H2,1H3/b61-57-,64-56-. The molecule has 9 rings (SSSR count). The van der Waals surface area contributed by atoms with Crippen LogP contribution in [0.15, 0.2) is 227 Å². The van der Waals surface area contributed by atoms with Crippen LogP contribution in [0, 0.1) is 18.3 Å². The monoisotopic (exact) mass is 822 g/mol. The molecular formula is C58H42N6. The van der Waals surface area contributed by atoms with Gasteiger partial charge in [-0.3, -0.25) is 4.99 Å². The Kier molecular flexibility index (Phi) is 12.1. The molecule has 6 nitrogen and oxygen atoms in total. The second-order valence-electron chi connectivity index (χ2n) is 15.3. The third-order valence-electron chi connectivity index (χ3n) is 11.1. The molecule has 0 spiro atoms. The first kappa shape index (κ1) is 40.7. The lowest BCUT2D eigenvalue weighted by molar-refractivity contribution is 1.06. The molecule has 9 aromatic rings. The summed E-state index contributed by atoms with van der Waals surface area (Å²) in [6.45, 7) is 6.36. The molecule has 1 aromatic heterocycles. The van der Waals surface area contributed by atoms with Crippen LogP contribution in [0.1, 0.15) is 27.8 Å². The highest BCUT2D eigenvalue weighted by Gasteiger charge is 2.18. The van der Waals surface area contributed by atoms with Gasteiger partial charge in [-0.1, -0.05) is 188 Å². The Balaban J connectivity index is 1.07. The molecule has 0 amide bonds. The molecule has 0 aliphatic heterocycles. The fourth-order valence-electron chi connectivity index (χ4n) is 7.85. The van der Waals surface area contributed by atoms with Crippen molar-refractivity contribution >= 4 is 18.4 Å². The van der Waals surface area contributed by atoms with Gasteiger partial charge >= 0.3 is 0 Å². The van der Waals surface area contributed by atoms with Gasteiger partial charge in [0.25, 0.3) is 0 Å². The summed E-state index contributed by atoms with van der Waals surface area (Å²) in [5.74, 6) is 1.68. The van der Waals surface area contributed by atoms with Crippen molar-refractivity contribution in [2.45, 2.75) is 13.5 Å². The Morgan fingerprint density at radius 1 is 0.484 bits per heavy atom. The van der Waals surface area contributed by atoms with Crippen LogP contribution in [0.25, 0.3) is 67.3 Å². The maximum Gasteiger partial charge on any atom is 0.161 e. The molecule has 6 heteroatoms. The zero-order valence-electron chi connectivity index (χ0n) is 35.3. The Hall–Kier alpha value is -8.66. The lowest BCUT2D eigenvalue weighted by Gasteiger charge is -2.16. The number of rotatable bonds is 10. The number of benzene rings is 8. The molecule has 0 radical (unpaired) electrons. The quantitative estimate of drug-likeness (QED) is 0.102. The molecule has 0 saturated carbocycles. The van der Waals surface area contributed by atoms with E-state index in [0.29, 0.717) is 29.6 Å². The summed E-state index contributed by atoms with van der Waals surface area (Å²) >= 11 is 0. The molecule has 0 N–H and O–H groups in total. The number of nitriles is 1. The first-order chi connectivity index (χ1) is 31.5. The normalized spacial score (nSPS) is 11.5. The molecule has 0 atom stereocenters. The smallest absolute Gasteiger partial charge is 0.161 e. The van der Waals surface area contributed by atoms with Crippen LogP contribution in [-0.4, -0.2) is 28.4 Å². The maximum absolute atomic E-state index is 9.47. The van der Waals surface area contributed by atoms with Crippen LogP contribution in [-0.2, 0) is 6.54 Å². The molecule has 0 aliphatic rings. The summed E-state index contributed by atoms with van der Waals surface area (Å²) in [4.78, 5) is 25.0. The van der Waals surface area contributed by atoms with Crippen molar-refractivity contribution < 1.29 is 0 Å². The zero-order chi connectivity index (χ0) is 43.7. The second kappa shape index (κ2) is 18.9. The minimum atomic E-state index is 0.388. The fourth-order valence-corrected chi connectivity index (χ4v) is 7.85. The highest BCUT2D eigenvalue weighted by atomic mass is 15.0. The predicted molar refractivity (Wildman–Crippen MR) is 263 cm³/mol. The molecule has 0 bridgehead atoms. The van der Waals surface area contributed by atoms with Gasteiger partial charge in [0, 0.05) is 33.4 Å². The fraction of sp³-hybridized carbons (Fsp3) is 0.0345. The summed E-state index contributed by atoms with van der Waals surface area (Å²) in [6, 6.07) is 73.8. The number of nitrogens with zero attached hydrogens (tertiary/aromatic N) is 6. The SMILES string of the molecule is C=N/C(=N\C(=N/Cc1cccc(-c2cccc(-c3cccc(C#N)c3)c2)c1)c1ccc(-c2ccccc2-c2nc(-c3ccccc3)c(C)c(-c3ccccc3)n2)cc1)c1ccccc1. The van der Waals surface area contributed by atoms with Crippen molar-refractivity contribution in [3.63, 3.8) is 0 Å². The first-order valence-electron chi connectivity index (χ1n) is 21.1. The maximum atomic E-state index is 9.47. The minimum absolute atomic E-state index is 0.388. The Bertz CT molecular complexity index is 3140. The van der Waals surface area contributed by atoms with E-state index in [1.807, 2.05) is 103 Å². The number of hydrogen-bond acceptors (Lipinski definition) is 4. The lowest BCUT2D eigenvalue weighted by Crippen LogP contribution is -2.05. The molecule has 64 heavy (non-hydrogen) atoms. The third-order valence-corrected chi connectivity index (χ3v) is 11.1. The van der Waals surface area contributed by atoms with Crippen molar-refractivity contribution in [2.75, 3.05) is 0 Å². The molecule has 1 heterocycles. The average molecular weight is 823 g/mol. The van der Waals surface area contributed by atoms with E-state index in [4.69, 9.17) is 20.0 Å². The zero-order valence-corrected chi connectivity index (χ0v) is 35.3. The van der Waals surface area contributed by atoms with Crippen LogP contribution in [0.5, 0.6) is 0 Å². The summed E-state index contributed by atoms with van der Waals surface area (Å²) < 4.78 is 0. The van der Waals surface area contributed by atoms with Crippen molar-refractivity contribution in [1.82, 2.24) is 9.97 Å². The summed E-state index contributed by atoms with van der Waals surface area (Å²) in [5, 5.41) is 9.47. The van der Waals surface area contributed by atoms with E-state index in [-0.39, 0.29) is 0 Å². The third kappa shape index (κ3) is 9.01. The minimum Gasteiger partial charge on any atom is -0.261 e. The van der Waals surface area contributed by atoms with Crippen molar-refractivity contribution in [2.24, 2.45) is 15.0 Å². The topological polar surface area (TPSA) is 86.6 Å². The lowest BCUT2D eigenvalue weighted by atomic mass is 9.96. The van der Waals surface area contributed by atoms with E-state index in [0.717, 1.165) is 83.7 Å². The van der Waals surface area contributed by atoms with Gasteiger partial charge < -0.3 is 0 Å². The van der Waals surface area contributed by atoms with Gasteiger partial charge in [-0.2, -0.15) is 5.26 Å². The van der Waals surface area contributed by atoms with Crippen LogP contribution in [0.2, 0.25) is 0 Å². The highest BCUT2D eigenvalue weighted by Crippen LogP contribution is 2.36. The molecule has 8 aromatic carbocycles. The van der Waals surface area contributed by atoms with Gasteiger partial charge in [-0.05, 0) is 76.9 Å². The largest absolute Gasteiger partial charge is 0.261 e. The molecule has 0 aliphatic carbocycles. The number of aliphatic imine (C=N–C) groups is 3. The van der Waals surface area contributed by atoms with Crippen LogP contribution < -0.4 is 0 Å². The summed E-state index contributed by atoms with van der Waals surface area (Å²) in [5.41, 5.74) is 15.4. The Morgan fingerprint density at radius 3 is 1.59 bits per heavy atom.